The van der Waals surface area contributed by atoms with Crippen LogP contribution in [0.1, 0.15) is 19.3 Å². The fourth-order valence-electron chi connectivity index (χ4n) is 3.71. The molecule has 4 heterocycles. The molecule has 2 aromatic rings. The molecule has 1 fully saturated rings. The monoisotopic (exact) mass is 415 g/mol. The molecule has 0 radical (unpaired) electrons. The van der Waals surface area contributed by atoms with Crippen LogP contribution in [0.3, 0.4) is 0 Å². The highest BCUT2D eigenvalue weighted by Gasteiger charge is 2.28. The average molecular weight is 415 g/mol. The van der Waals surface area contributed by atoms with Gasteiger partial charge in [-0.2, -0.15) is 0 Å². The predicted octanol–water partition coefficient (Wildman–Crippen LogP) is -1.08. The Morgan fingerprint density at radius 3 is 2.80 bits per heavy atom. The van der Waals surface area contributed by atoms with Crippen molar-refractivity contribution in [1.82, 2.24) is 30.2 Å². The van der Waals surface area contributed by atoms with Crippen molar-refractivity contribution in [3.05, 3.63) is 12.7 Å². The Labute approximate surface area is 172 Å². The van der Waals surface area contributed by atoms with Crippen molar-refractivity contribution in [2.24, 2.45) is 16.6 Å². The maximum absolute atomic E-state index is 12.5. The summed E-state index contributed by atoms with van der Waals surface area (Å²) in [5, 5.41) is 15.0. The minimum absolute atomic E-state index is 0.0115. The van der Waals surface area contributed by atoms with E-state index in [2.05, 4.69) is 35.5 Å². The highest BCUT2D eigenvalue weighted by atomic mass is 16.4. The second kappa shape index (κ2) is 8.61. The fourth-order valence-corrected chi connectivity index (χ4v) is 3.71. The van der Waals surface area contributed by atoms with Gasteiger partial charge in [-0.05, 0) is 19.3 Å². The molecule has 1 atom stereocenters. The lowest BCUT2D eigenvalue weighted by molar-refractivity contribution is -0.138. The van der Waals surface area contributed by atoms with Crippen molar-refractivity contribution in [3.63, 3.8) is 0 Å². The minimum atomic E-state index is -1.08. The van der Waals surface area contributed by atoms with E-state index >= 15 is 0 Å². The molecule has 0 spiro atoms. The Bertz CT molecular complexity index is 965. The molecule has 2 aliphatic heterocycles. The standard InChI is InChI=1S/C18H25N9O3/c19-12(17(29)30)8-27-10-24-13-14(22-9-23-15(13)27)26-6-2-11(3-7-26)16(28)25-18-20-4-1-5-21-18/h9-12H,1-8,19H2,(H,29,30)(H2,20,21,25,28)/t12-/m0/s1. The SMILES string of the molecule is N[C@@H](Cn1cnc2c(N3CCC(C(=O)NC4=NCCCN4)CC3)ncnc21)C(=O)O. The van der Waals surface area contributed by atoms with Crippen LogP contribution < -0.4 is 21.3 Å². The molecule has 160 valence electrons. The van der Waals surface area contributed by atoms with E-state index in [1.807, 2.05) is 0 Å². The fraction of sp³-hybridized carbons (Fsp3) is 0.556. The third-order valence-corrected chi connectivity index (χ3v) is 5.40. The largest absolute Gasteiger partial charge is 0.480 e. The van der Waals surface area contributed by atoms with Crippen LogP contribution >= 0.6 is 0 Å². The number of imidazole rings is 1. The van der Waals surface area contributed by atoms with E-state index < -0.39 is 12.0 Å². The average Bonchev–Trinajstić information content (AvgIpc) is 3.17. The summed E-state index contributed by atoms with van der Waals surface area (Å²) in [5.74, 6) is 0.0655. The van der Waals surface area contributed by atoms with E-state index in [4.69, 9.17) is 10.8 Å². The molecular weight excluding hydrogens is 390 g/mol. The number of hydrogen-bond donors (Lipinski definition) is 4. The summed E-state index contributed by atoms with van der Waals surface area (Å²) in [6.45, 7) is 2.94. The number of carbonyl (C=O) groups is 2. The van der Waals surface area contributed by atoms with Crippen LogP contribution in [0.5, 0.6) is 0 Å². The topological polar surface area (TPSA) is 164 Å². The number of fused-ring (bicyclic) bond motifs is 1. The number of anilines is 1. The molecule has 4 rings (SSSR count). The number of aliphatic imine (C=N–C) groups is 1. The third-order valence-electron chi connectivity index (χ3n) is 5.40. The summed E-state index contributed by atoms with van der Waals surface area (Å²) in [6, 6.07) is -1.04. The van der Waals surface area contributed by atoms with Crippen molar-refractivity contribution >= 4 is 34.8 Å². The van der Waals surface area contributed by atoms with E-state index in [0.717, 1.165) is 19.5 Å². The molecule has 30 heavy (non-hydrogen) atoms. The molecule has 0 saturated carbocycles. The summed E-state index contributed by atoms with van der Waals surface area (Å²) >= 11 is 0. The van der Waals surface area contributed by atoms with Crippen LogP contribution in [0.25, 0.3) is 11.2 Å². The molecule has 0 unspecified atom stereocenters. The number of carboxylic acid groups (broad SMARTS) is 1. The van der Waals surface area contributed by atoms with Gasteiger partial charge in [-0.1, -0.05) is 0 Å². The number of amides is 1. The number of nitrogens with zero attached hydrogens (tertiary/aromatic N) is 6. The number of carboxylic acids is 1. The lowest BCUT2D eigenvalue weighted by atomic mass is 9.96. The Hall–Kier alpha value is -3.28. The van der Waals surface area contributed by atoms with Crippen LogP contribution in [0.4, 0.5) is 5.82 Å². The van der Waals surface area contributed by atoms with Crippen LogP contribution in [-0.2, 0) is 16.1 Å². The molecule has 12 heteroatoms. The van der Waals surface area contributed by atoms with Gasteiger partial charge in [0.2, 0.25) is 5.91 Å². The first kappa shape index (κ1) is 20.0. The number of aromatic nitrogens is 4. The molecule has 1 amide bonds. The quantitative estimate of drug-likeness (QED) is 0.475. The summed E-state index contributed by atoms with van der Waals surface area (Å²) < 4.78 is 1.62. The number of guanidine groups is 1. The zero-order chi connectivity index (χ0) is 21.1. The summed E-state index contributed by atoms with van der Waals surface area (Å²) in [7, 11) is 0. The minimum Gasteiger partial charge on any atom is -0.480 e. The molecular formula is C18H25N9O3. The lowest BCUT2D eigenvalue weighted by Gasteiger charge is -2.32. The number of piperidine rings is 1. The highest BCUT2D eigenvalue weighted by molar-refractivity contribution is 5.98. The number of hydrogen-bond acceptors (Lipinski definition) is 9. The summed E-state index contributed by atoms with van der Waals surface area (Å²) in [4.78, 5) is 43.0. The van der Waals surface area contributed by atoms with Crippen molar-refractivity contribution in [3.8, 4) is 0 Å². The van der Waals surface area contributed by atoms with Crippen LogP contribution in [0, 0.1) is 5.92 Å². The second-order valence-corrected chi connectivity index (χ2v) is 7.47. The van der Waals surface area contributed by atoms with Crippen molar-refractivity contribution in [2.75, 3.05) is 31.1 Å². The van der Waals surface area contributed by atoms with Crippen LogP contribution in [0.2, 0.25) is 0 Å². The Morgan fingerprint density at radius 1 is 1.30 bits per heavy atom. The molecule has 2 aromatic heterocycles. The van der Waals surface area contributed by atoms with Gasteiger partial charge in [-0.15, -0.1) is 0 Å². The van der Waals surface area contributed by atoms with Crippen molar-refractivity contribution < 1.29 is 14.7 Å². The Morgan fingerprint density at radius 2 is 2.10 bits per heavy atom. The van der Waals surface area contributed by atoms with Gasteiger partial charge in [-0.3, -0.25) is 19.9 Å². The van der Waals surface area contributed by atoms with Crippen LogP contribution in [0.15, 0.2) is 17.6 Å². The van der Waals surface area contributed by atoms with Crippen LogP contribution in [-0.4, -0.2) is 74.7 Å². The third kappa shape index (κ3) is 4.17. The molecule has 12 nitrogen and oxygen atoms in total. The summed E-state index contributed by atoms with van der Waals surface area (Å²) in [6.07, 6.45) is 5.32. The van der Waals surface area contributed by atoms with E-state index in [1.54, 1.807) is 4.57 Å². The molecule has 1 saturated heterocycles. The molecule has 0 aromatic carbocycles. The predicted molar refractivity (Wildman–Crippen MR) is 109 cm³/mol. The van der Waals surface area contributed by atoms with E-state index in [9.17, 15) is 9.59 Å². The summed E-state index contributed by atoms with van der Waals surface area (Å²) in [5.41, 5.74) is 6.77. The van der Waals surface area contributed by atoms with Crippen molar-refractivity contribution in [1.29, 1.82) is 0 Å². The maximum atomic E-state index is 12.5. The molecule has 2 aliphatic rings. The second-order valence-electron chi connectivity index (χ2n) is 7.47. The Balaban J connectivity index is 1.42. The number of aliphatic carboxylic acids is 1. The Kier molecular flexibility index (Phi) is 5.74. The van der Waals surface area contributed by atoms with Crippen molar-refractivity contribution in [2.45, 2.75) is 31.8 Å². The van der Waals surface area contributed by atoms with Gasteiger partial charge < -0.3 is 25.6 Å². The van der Waals surface area contributed by atoms with Gasteiger partial charge in [0.25, 0.3) is 0 Å². The van der Waals surface area contributed by atoms with E-state index in [-0.39, 0.29) is 18.4 Å². The van der Waals surface area contributed by atoms with Gasteiger partial charge in [0, 0.05) is 32.1 Å². The number of nitrogens with two attached hydrogens (primary N) is 1. The highest BCUT2D eigenvalue weighted by Crippen LogP contribution is 2.26. The number of rotatable bonds is 5. The normalized spacial score (nSPS) is 18.6. The lowest BCUT2D eigenvalue weighted by Crippen LogP contribution is -2.48. The first-order valence-electron chi connectivity index (χ1n) is 10.0. The molecule has 0 bridgehead atoms. The first-order chi connectivity index (χ1) is 14.5. The number of carbonyl (C=O) groups excluding carboxylic acids is 1. The zero-order valence-corrected chi connectivity index (χ0v) is 16.5. The number of nitrogens with one attached hydrogen (secondary N) is 2. The molecule has 5 N–H and O–H groups in total. The van der Waals surface area contributed by atoms with Gasteiger partial charge in [0.1, 0.15) is 12.4 Å². The van der Waals surface area contributed by atoms with E-state index in [0.29, 0.717) is 48.9 Å². The smallest absolute Gasteiger partial charge is 0.322 e. The van der Waals surface area contributed by atoms with Gasteiger partial charge in [-0.25, -0.2) is 15.0 Å². The van der Waals surface area contributed by atoms with Gasteiger partial charge >= 0.3 is 5.97 Å². The molecule has 0 aliphatic carbocycles. The van der Waals surface area contributed by atoms with Gasteiger partial charge in [0.05, 0.1) is 12.9 Å². The maximum Gasteiger partial charge on any atom is 0.322 e. The van der Waals surface area contributed by atoms with E-state index in [1.165, 1.54) is 12.7 Å². The van der Waals surface area contributed by atoms with Gasteiger partial charge in [0.15, 0.2) is 22.9 Å². The first-order valence-corrected chi connectivity index (χ1v) is 10.0. The zero-order valence-electron chi connectivity index (χ0n) is 16.5.